The number of halogens is 1. The Balaban J connectivity index is 3.78. The number of hydrogen-bond acceptors (Lipinski definition) is 2. The van der Waals surface area contributed by atoms with Crippen molar-refractivity contribution in [2.24, 2.45) is 0 Å². The van der Waals surface area contributed by atoms with E-state index >= 15 is 0 Å². The van der Waals surface area contributed by atoms with Crippen molar-refractivity contribution >= 4 is 10.1 Å². The number of unbranched alkanes of at least 4 members (excludes halogenated alkanes) is 19. The fraction of sp³-hybridized carbons (Fsp3) is 1.00. The Morgan fingerprint density at radius 1 is 0.516 bits per heavy atom. The highest BCUT2D eigenvalue weighted by Crippen LogP contribution is 2.32. The molecule has 0 spiro atoms. The lowest BCUT2D eigenvalue weighted by Crippen LogP contribution is -2.33. The molecule has 0 aromatic rings. The van der Waals surface area contributed by atoms with Crippen molar-refractivity contribution < 1.29 is 17.4 Å². The van der Waals surface area contributed by atoms with E-state index in [2.05, 4.69) is 13.8 Å². The van der Waals surface area contributed by atoms with Gasteiger partial charge in [-0.3, -0.25) is 4.55 Å². The monoisotopic (exact) mass is 464 g/mol. The highest BCUT2D eigenvalue weighted by atomic mass is 32.2. The summed E-state index contributed by atoms with van der Waals surface area (Å²) in [7, 11) is -4.65. The van der Waals surface area contributed by atoms with Gasteiger partial charge in [-0.15, -0.1) is 0 Å². The van der Waals surface area contributed by atoms with Gasteiger partial charge in [-0.05, 0) is 25.7 Å². The van der Waals surface area contributed by atoms with Gasteiger partial charge in [-0.25, -0.2) is 4.39 Å². The molecule has 0 saturated heterocycles. The molecular formula is C26H53FO3S. The van der Waals surface area contributed by atoms with E-state index in [1.165, 1.54) is 83.5 Å². The standard InChI is InChI=1S/C26H53FO3S/c1-3-5-7-9-11-13-14-15-16-17-19-21-23-25-26(27,31(28,29)30)24-22-20-18-12-10-8-6-4-2/h3-25H2,1-2H3,(H,28,29,30). The Bertz CT molecular complexity index is 481. The van der Waals surface area contributed by atoms with E-state index in [1.807, 2.05) is 0 Å². The van der Waals surface area contributed by atoms with Gasteiger partial charge in [0.15, 0.2) is 0 Å². The van der Waals surface area contributed by atoms with Crippen LogP contribution in [0.2, 0.25) is 0 Å². The molecule has 0 aliphatic carbocycles. The minimum atomic E-state index is -4.65. The van der Waals surface area contributed by atoms with Gasteiger partial charge < -0.3 is 0 Å². The van der Waals surface area contributed by atoms with Crippen LogP contribution in [0, 0.1) is 0 Å². The second-order valence-corrected chi connectivity index (χ2v) is 11.3. The molecule has 5 heteroatoms. The molecule has 0 aliphatic heterocycles. The van der Waals surface area contributed by atoms with Crippen LogP contribution in [0.4, 0.5) is 4.39 Å². The van der Waals surface area contributed by atoms with Gasteiger partial charge in [-0.1, -0.05) is 136 Å². The first-order valence-corrected chi connectivity index (χ1v) is 15.0. The van der Waals surface area contributed by atoms with E-state index in [4.69, 9.17) is 0 Å². The molecule has 0 rings (SSSR count). The molecule has 0 saturated carbocycles. The van der Waals surface area contributed by atoms with Crippen molar-refractivity contribution in [1.82, 2.24) is 0 Å². The van der Waals surface area contributed by atoms with Gasteiger partial charge in [0.2, 0.25) is 5.00 Å². The molecule has 0 bridgehead atoms. The van der Waals surface area contributed by atoms with Crippen molar-refractivity contribution in [1.29, 1.82) is 0 Å². The number of rotatable bonds is 24. The third kappa shape index (κ3) is 18.0. The van der Waals surface area contributed by atoms with E-state index in [0.717, 1.165) is 38.5 Å². The Kier molecular flexibility index (Phi) is 20.3. The topological polar surface area (TPSA) is 54.4 Å². The molecule has 0 aromatic heterocycles. The number of hydrogen-bond donors (Lipinski definition) is 1. The first-order chi connectivity index (χ1) is 14.9. The summed E-state index contributed by atoms with van der Waals surface area (Å²) in [6, 6.07) is 0. The molecule has 31 heavy (non-hydrogen) atoms. The third-order valence-corrected chi connectivity index (χ3v) is 7.85. The van der Waals surface area contributed by atoms with Crippen molar-refractivity contribution in [3.8, 4) is 0 Å². The molecule has 1 atom stereocenters. The van der Waals surface area contributed by atoms with Crippen LogP contribution >= 0.6 is 0 Å². The van der Waals surface area contributed by atoms with Crippen molar-refractivity contribution in [3.05, 3.63) is 0 Å². The molecular weight excluding hydrogens is 411 g/mol. The zero-order valence-electron chi connectivity index (χ0n) is 20.8. The lowest BCUT2D eigenvalue weighted by atomic mass is 10.0. The van der Waals surface area contributed by atoms with Crippen LogP contribution < -0.4 is 0 Å². The Morgan fingerprint density at radius 2 is 0.742 bits per heavy atom. The largest absolute Gasteiger partial charge is 0.300 e. The summed E-state index contributed by atoms with van der Waals surface area (Å²) >= 11 is 0. The van der Waals surface area contributed by atoms with E-state index in [-0.39, 0.29) is 12.8 Å². The van der Waals surface area contributed by atoms with Gasteiger partial charge in [-0.2, -0.15) is 8.42 Å². The lowest BCUT2D eigenvalue weighted by molar-refractivity contribution is 0.203. The maximum Gasteiger partial charge on any atom is 0.300 e. The SMILES string of the molecule is CCCCCCCCCCCCCCCC(F)(CCCCCCCCCC)S(=O)(=O)O. The van der Waals surface area contributed by atoms with E-state index in [9.17, 15) is 17.4 Å². The molecule has 0 aliphatic rings. The zero-order chi connectivity index (χ0) is 23.3. The summed E-state index contributed by atoms with van der Waals surface area (Å²) in [5.74, 6) is 0. The normalized spacial score (nSPS) is 14.1. The van der Waals surface area contributed by atoms with Gasteiger partial charge in [0.05, 0.1) is 0 Å². The van der Waals surface area contributed by atoms with E-state index in [1.54, 1.807) is 0 Å². The fourth-order valence-electron chi connectivity index (χ4n) is 4.31. The van der Waals surface area contributed by atoms with E-state index < -0.39 is 15.1 Å². The van der Waals surface area contributed by atoms with Crippen LogP contribution in [0.3, 0.4) is 0 Å². The lowest BCUT2D eigenvalue weighted by Gasteiger charge is -2.22. The van der Waals surface area contributed by atoms with Crippen molar-refractivity contribution in [2.75, 3.05) is 0 Å². The average molecular weight is 465 g/mol. The van der Waals surface area contributed by atoms with Crippen molar-refractivity contribution in [2.45, 2.75) is 167 Å². The van der Waals surface area contributed by atoms with Crippen molar-refractivity contribution in [3.63, 3.8) is 0 Å². The molecule has 3 nitrogen and oxygen atoms in total. The maximum absolute atomic E-state index is 15.0. The smallest absolute Gasteiger partial charge is 0.283 e. The second kappa shape index (κ2) is 20.4. The van der Waals surface area contributed by atoms with Gasteiger partial charge in [0.1, 0.15) is 0 Å². The minimum Gasteiger partial charge on any atom is -0.283 e. The molecule has 0 radical (unpaired) electrons. The van der Waals surface area contributed by atoms with Crippen LogP contribution in [0.15, 0.2) is 0 Å². The molecule has 188 valence electrons. The predicted octanol–water partition coefficient (Wildman–Crippen LogP) is 9.55. The highest BCUT2D eigenvalue weighted by Gasteiger charge is 2.42. The van der Waals surface area contributed by atoms with Gasteiger partial charge in [0.25, 0.3) is 10.1 Å². The average Bonchev–Trinajstić information content (AvgIpc) is 2.72. The Labute approximate surface area is 194 Å². The maximum atomic E-state index is 15.0. The first kappa shape index (κ1) is 30.8. The van der Waals surface area contributed by atoms with Crippen LogP contribution in [0.25, 0.3) is 0 Å². The third-order valence-electron chi connectivity index (χ3n) is 6.52. The molecule has 0 amide bonds. The van der Waals surface area contributed by atoms with Crippen LogP contribution in [0.1, 0.15) is 162 Å². The first-order valence-electron chi connectivity index (χ1n) is 13.5. The quantitative estimate of drug-likeness (QED) is 0.114. The Hall–Kier alpha value is -0.160. The summed E-state index contributed by atoms with van der Waals surface area (Å²) in [6.45, 7) is 4.43. The predicted molar refractivity (Wildman–Crippen MR) is 133 cm³/mol. The van der Waals surface area contributed by atoms with Crippen LogP contribution in [-0.4, -0.2) is 18.0 Å². The summed E-state index contributed by atoms with van der Waals surface area (Å²) in [4.78, 5) is 0. The summed E-state index contributed by atoms with van der Waals surface area (Å²) in [5, 5.41) is -2.45. The summed E-state index contributed by atoms with van der Waals surface area (Å²) in [6.07, 6.45) is 23.7. The van der Waals surface area contributed by atoms with Gasteiger partial charge in [0, 0.05) is 0 Å². The summed E-state index contributed by atoms with van der Waals surface area (Å²) in [5.41, 5.74) is 0. The molecule has 1 unspecified atom stereocenters. The molecule has 0 aromatic carbocycles. The Morgan fingerprint density at radius 3 is 0.968 bits per heavy atom. The summed E-state index contributed by atoms with van der Waals surface area (Å²) < 4.78 is 47.6. The molecule has 0 heterocycles. The second-order valence-electron chi connectivity index (χ2n) is 9.58. The molecule has 1 N–H and O–H groups in total. The van der Waals surface area contributed by atoms with E-state index in [0.29, 0.717) is 12.8 Å². The van der Waals surface area contributed by atoms with Gasteiger partial charge >= 0.3 is 0 Å². The fourth-order valence-corrected chi connectivity index (χ4v) is 5.12. The molecule has 0 fully saturated rings. The number of alkyl halides is 1. The van der Waals surface area contributed by atoms with Crippen LogP contribution in [-0.2, 0) is 10.1 Å². The minimum absolute atomic E-state index is 0.0694. The van der Waals surface area contributed by atoms with Crippen LogP contribution in [0.5, 0.6) is 0 Å². The zero-order valence-corrected chi connectivity index (χ0v) is 21.6. The highest BCUT2D eigenvalue weighted by molar-refractivity contribution is 7.87.